The highest BCUT2D eigenvalue weighted by Gasteiger charge is 2.22. The number of carbonyl (C=O) groups excluding carboxylic acids is 2. The van der Waals surface area contributed by atoms with Crippen molar-refractivity contribution in [2.75, 3.05) is 0 Å². The largest absolute Gasteiger partial charge is 0.335 e. The molecule has 1 saturated carbocycles. The summed E-state index contributed by atoms with van der Waals surface area (Å²) in [4.78, 5) is 24.5. The molecule has 1 aromatic carbocycles. The number of amides is 3. The van der Waals surface area contributed by atoms with Crippen LogP contribution in [-0.2, 0) is 4.79 Å². The fourth-order valence-corrected chi connectivity index (χ4v) is 3.88. The van der Waals surface area contributed by atoms with Gasteiger partial charge in [-0.15, -0.1) is 11.8 Å². The van der Waals surface area contributed by atoms with Crippen molar-refractivity contribution in [3.8, 4) is 0 Å². The van der Waals surface area contributed by atoms with Crippen LogP contribution in [0.15, 0.2) is 23.1 Å². The molecule has 0 heterocycles. The summed E-state index contributed by atoms with van der Waals surface area (Å²) in [6.07, 6.45) is 4.19. The van der Waals surface area contributed by atoms with Gasteiger partial charge in [0.25, 0.3) is 0 Å². The topological polar surface area (TPSA) is 58.2 Å². The summed E-state index contributed by atoms with van der Waals surface area (Å²) in [5.41, 5.74) is 0. The van der Waals surface area contributed by atoms with Crippen molar-refractivity contribution in [1.82, 2.24) is 10.6 Å². The van der Waals surface area contributed by atoms with E-state index in [9.17, 15) is 9.59 Å². The SMILES string of the molecule is C[C@@H](Sc1c(Cl)cccc1Cl)C(=O)NC(=O)NC1CCCC1. The van der Waals surface area contributed by atoms with E-state index in [2.05, 4.69) is 10.6 Å². The molecule has 3 amide bonds. The van der Waals surface area contributed by atoms with Crippen LogP contribution >= 0.6 is 35.0 Å². The van der Waals surface area contributed by atoms with Crippen molar-refractivity contribution in [3.63, 3.8) is 0 Å². The summed E-state index contributed by atoms with van der Waals surface area (Å²) in [5.74, 6) is -0.364. The molecule has 0 saturated heterocycles. The van der Waals surface area contributed by atoms with Gasteiger partial charge in [-0.3, -0.25) is 10.1 Å². The lowest BCUT2D eigenvalue weighted by atomic mass is 10.2. The molecule has 0 spiro atoms. The zero-order valence-electron chi connectivity index (χ0n) is 12.2. The summed E-state index contributed by atoms with van der Waals surface area (Å²) >= 11 is 13.4. The lowest BCUT2D eigenvalue weighted by Crippen LogP contribution is -2.45. The van der Waals surface area contributed by atoms with E-state index in [0.29, 0.717) is 14.9 Å². The standard InChI is InChI=1S/C15H18Cl2N2O2S/c1-9(22-13-11(16)7-4-8-12(13)17)14(20)19-15(21)18-10-5-2-3-6-10/h4,7-10H,2-3,5-6H2,1H3,(H2,18,19,20,21)/t9-/m1/s1. The molecule has 120 valence electrons. The Hall–Kier alpha value is -0.910. The summed E-state index contributed by atoms with van der Waals surface area (Å²) < 4.78 is 0. The van der Waals surface area contributed by atoms with Gasteiger partial charge in [0.05, 0.1) is 15.3 Å². The highest BCUT2D eigenvalue weighted by molar-refractivity contribution is 8.00. The zero-order chi connectivity index (χ0) is 16.1. The number of rotatable bonds is 4. The van der Waals surface area contributed by atoms with Gasteiger partial charge in [-0.25, -0.2) is 4.79 Å². The minimum Gasteiger partial charge on any atom is -0.335 e. The van der Waals surface area contributed by atoms with Crippen molar-refractivity contribution in [3.05, 3.63) is 28.2 Å². The second-order valence-electron chi connectivity index (χ2n) is 5.25. The second kappa shape index (κ2) is 8.09. The van der Waals surface area contributed by atoms with E-state index in [1.807, 2.05) is 0 Å². The molecule has 2 rings (SSSR count). The Labute approximate surface area is 144 Å². The van der Waals surface area contributed by atoms with Crippen LogP contribution in [0.4, 0.5) is 4.79 Å². The first kappa shape index (κ1) is 17.4. The number of hydrogen-bond acceptors (Lipinski definition) is 3. The molecule has 0 aliphatic heterocycles. The van der Waals surface area contributed by atoms with Crippen LogP contribution in [0.5, 0.6) is 0 Å². The molecule has 0 aromatic heterocycles. The molecule has 1 aliphatic rings. The summed E-state index contributed by atoms with van der Waals surface area (Å²) in [5, 5.41) is 5.70. The average molecular weight is 361 g/mol. The van der Waals surface area contributed by atoms with Crippen LogP contribution < -0.4 is 10.6 Å². The number of imide groups is 1. The van der Waals surface area contributed by atoms with Crippen LogP contribution in [0.2, 0.25) is 10.0 Å². The molecule has 1 fully saturated rings. The van der Waals surface area contributed by atoms with Crippen molar-refractivity contribution in [1.29, 1.82) is 0 Å². The molecule has 0 bridgehead atoms. The summed E-state index contributed by atoms with van der Waals surface area (Å²) in [7, 11) is 0. The molecule has 1 aliphatic carbocycles. The van der Waals surface area contributed by atoms with Gasteiger partial charge in [0.15, 0.2) is 0 Å². The van der Waals surface area contributed by atoms with E-state index < -0.39 is 11.3 Å². The molecule has 22 heavy (non-hydrogen) atoms. The van der Waals surface area contributed by atoms with Gasteiger partial charge in [-0.05, 0) is 31.9 Å². The molecule has 1 aromatic rings. The van der Waals surface area contributed by atoms with Crippen LogP contribution in [0.3, 0.4) is 0 Å². The van der Waals surface area contributed by atoms with Gasteiger partial charge >= 0.3 is 6.03 Å². The monoisotopic (exact) mass is 360 g/mol. The van der Waals surface area contributed by atoms with Gasteiger partial charge in [0.1, 0.15) is 0 Å². The Bertz CT molecular complexity index is 542. The minimum atomic E-state index is -0.480. The van der Waals surface area contributed by atoms with Gasteiger partial charge in [-0.2, -0.15) is 0 Å². The van der Waals surface area contributed by atoms with Gasteiger partial charge in [0, 0.05) is 10.9 Å². The molecule has 0 unspecified atom stereocenters. The molecule has 2 N–H and O–H groups in total. The van der Waals surface area contributed by atoms with E-state index in [1.54, 1.807) is 25.1 Å². The van der Waals surface area contributed by atoms with Crippen LogP contribution in [0, 0.1) is 0 Å². The summed E-state index contributed by atoms with van der Waals surface area (Å²) in [6, 6.07) is 4.91. The Morgan fingerprint density at radius 2 is 1.82 bits per heavy atom. The van der Waals surface area contributed by atoms with E-state index in [0.717, 1.165) is 25.7 Å². The number of carbonyl (C=O) groups is 2. The first-order valence-corrected chi connectivity index (χ1v) is 8.83. The number of halogens is 2. The summed E-state index contributed by atoms with van der Waals surface area (Å²) in [6.45, 7) is 1.71. The molecule has 0 radical (unpaired) electrons. The first-order valence-electron chi connectivity index (χ1n) is 7.19. The maximum Gasteiger partial charge on any atom is 0.321 e. The third-order valence-corrected chi connectivity index (χ3v) is 5.61. The second-order valence-corrected chi connectivity index (χ2v) is 7.42. The van der Waals surface area contributed by atoms with Gasteiger partial charge in [-0.1, -0.05) is 42.1 Å². The normalized spacial score (nSPS) is 16.3. The van der Waals surface area contributed by atoms with E-state index in [4.69, 9.17) is 23.2 Å². The van der Waals surface area contributed by atoms with E-state index in [1.165, 1.54) is 11.8 Å². The van der Waals surface area contributed by atoms with E-state index in [-0.39, 0.29) is 11.9 Å². The third-order valence-electron chi connectivity index (χ3n) is 3.51. The van der Waals surface area contributed by atoms with E-state index >= 15 is 0 Å². The van der Waals surface area contributed by atoms with Crippen LogP contribution in [-0.4, -0.2) is 23.2 Å². The van der Waals surface area contributed by atoms with Crippen LogP contribution in [0.25, 0.3) is 0 Å². The third kappa shape index (κ3) is 4.80. The molecular formula is C15H18Cl2N2O2S. The maximum atomic E-state index is 12.1. The van der Waals surface area contributed by atoms with Gasteiger partial charge in [0.2, 0.25) is 5.91 Å². The smallest absolute Gasteiger partial charge is 0.321 e. The number of urea groups is 1. The Balaban J connectivity index is 1.87. The van der Waals surface area contributed by atoms with Crippen molar-refractivity contribution in [2.24, 2.45) is 0 Å². The van der Waals surface area contributed by atoms with Crippen molar-refractivity contribution >= 4 is 46.9 Å². The van der Waals surface area contributed by atoms with Crippen molar-refractivity contribution < 1.29 is 9.59 Å². The number of thioether (sulfide) groups is 1. The highest BCUT2D eigenvalue weighted by Crippen LogP contribution is 2.36. The Kier molecular flexibility index (Phi) is 6.41. The number of hydrogen-bond donors (Lipinski definition) is 2. The molecule has 7 heteroatoms. The molecule has 1 atom stereocenters. The van der Waals surface area contributed by atoms with Gasteiger partial charge < -0.3 is 5.32 Å². The number of benzene rings is 1. The highest BCUT2D eigenvalue weighted by atomic mass is 35.5. The van der Waals surface area contributed by atoms with Crippen LogP contribution in [0.1, 0.15) is 32.6 Å². The Morgan fingerprint density at radius 1 is 1.23 bits per heavy atom. The molecule has 4 nitrogen and oxygen atoms in total. The fourth-order valence-electron chi connectivity index (χ4n) is 2.33. The Morgan fingerprint density at radius 3 is 2.41 bits per heavy atom. The minimum absolute atomic E-state index is 0.175. The molecular weight excluding hydrogens is 343 g/mol. The maximum absolute atomic E-state index is 12.1. The predicted molar refractivity (Wildman–Crippen MR) is 90.7 cm³/mol. The lowest BCUT2D eigenvalue weighted by molar-refractivity contribution is -0.119. The average Bonchev–Trinajstić information content (AvgIpc) is 2.95. The quantitative estimate of drug-likeness (QED) is 0.789. The van der Waals surface area contributed by atoms with Crippen molar-refractivity contribution in [2.45, 2.75) is 48.8 Å². The number of nitrogens with one attached hydrogen (secondary N) is 2. The first-order chi connectivity index (χ1) is 10.5. The predicted octanol–water partition coefficient (Wildman–Crippen LogP) is 4.24. The zero-order valence-corrected chi connectivity index (χ0v) is 14.5. The fraction of sp³-hybridized carbons (Fsp3) is 0.467. The lowest BCUT2D eigenvalue weighted by Gasteiger charge is -2.15.